The van der Waals surface area contributed by atoms with Gasteiger partial charge in [0.2, 0.25) is 0 Å². The molecule has 2 aromatic carbocycles. The van der Waals surface area contributed by atoms with Crippen LogP contribution in [0.2, 0.25) is 0 Å². The van der Waals surface area contributed by atoms with E-state index in [1.807, 2.05) is 72.8 Å². The van der Waals surface area contributed by atoms with E-state index in [1.54, 1.807) is 23.5 Å². The molecule has 5 heteroatoms. The maximum absolute atomic E-state index is 13.3. The van der Waals surface area contributed by atoms with E-state index in [1.165, 1.54) is 0 Å². The number of hydrogen-bond donors (Lipinski definition) is 0. The second-order valence-electron chi connectivity index (χ2n) is 6.42. The summed E-state index contributed by atoms with van der Waals surface area (Å²) in [6.45, 7) is 0. The number of carbonyl (C=O) groups excluding carboxylic acids is 1. The van der Waals surface area contributed by atoms with Crippen molar-refractivity contribution in [3.8, 4) is 11.3 Å². The first-order chi connectivity index (χ1) is 13.7. The second-order valence-corrected chi connectivity index (χ2v) is 10.1. The summed E-state index contributed by atoms with van der Waals surface area (Å²) < 4.78 is 7.03. The number of hydrogen-bond acceptors (Lipinski definition) is 4. The first kappa shape index (κ1) is 19.6. The zero-order valence-electron chi connectivity index (χ0n) is 15.1. The molecular formula is C23H19BrO2S2. The van der Waals surface area contributed by atoms with Crippen molar-refractivity contribution in [2.45, 2.75) is 11.0 Å². The van der Waals surface area contributed by atoms with Crippen molar-refractivity contribution in [1.82, 2.24) is 0 Å². The lowest BCUT2D eigenvalue weighted by Gasteiger charge is -2.21. The van der Waals surface area contributed by atoms with Gasteiger partial charge >= 0.3 is 0 Å². The average Bonchev–Trinajstić information content (AvgIpc) is 3.22. The van der Waals surface area contributed by atoms with Crippen molar-refractivity contribution in [3.63, 3.8) is 0 Å². The summed E-state index contributed by atoms with van der Waals surface area (Å²) in [4.78, 5) is 13.3. The van der Waals surface area contributed by atoms with Gasteiger partial charge in [-0.1, -0.05) is 58.4 Å². The lowest BCUT2D eigenvalue weighted by atomic mass is 10.0. The van der Waals surface area contributed by atoms with Gasteiger partial charge in [-0.3, -0.25) is 4.79 Å². The summed E-state index contributed by atoms with van der Waals surface area (Å²) >= 11 is 6.95. The highest BCUT2D eigenvalue weighted by Crippen LogP contribution is 2.36. The van der Waals surface area contributed by atoms with Gasteiger partial charge < -0.3 is 4.42 Å². The van der Waals surface area contributed by atoms with Crippen LogP contribution in [0, 0.1) is 0 Å². The zero-order chi connectivity index (χ0) is 19.3. The minimum atomic E-state index is -0.0406. The molecule has 1 aliphatic rings. The zero-order valence-corrected chi connectivity index (χ0v) is 18.4. The Bertz CT molecular complexity index is 971. The Morgan fingerprint density at radius 1 is 0.964 bits per heavy atom. The van der Waals surface area contributed by atoms with E-state index >= 15 is 0 Å². The summed E-state index contributed by atoms with van der Waals surface area (Å²) in [7, 11) is 0. The van der Waals surface area contributed by atoms with E-state index in [0.717, 1.165) is 39.3 Å². The van der Waals surface area contributed by atoms with Crippen LogP contribution >= 0.6 is 39.5 Å². The largest absolute Gasteiger partial charge is 0.457 e. The smallest absolute Gasteiger partial charge is 0.186 e. The van der Waals surface area contributed by atoms with Crippen LogP contribution in [0.5, 0.6) is 0 Å². The van der Waals surface area contributed by atoms with Gasteiger partial charge in [0.15, 0.2) is 5.78 Å². The van der Waals surface area contributed by atoms with Crippen LogP contribution in [0.25, 0.3) is 23.0 Å². The summed E-state index contributed by atoms with van der Waals surface area (Å²) in [5, 5.41) is 0. The molecule has 4 rings (SSSR count). The number of allylic oxidation sites excluding steroid dienone is 1. The van der Waals surface area contributed by atoms with Gasteiger partial charge in [0.1, 0.15) is 16.1 Å². The van der Waals surface area contributed by atoms with Crippen molar-refractivity contribution in [2.24, 2.45) is 0 Å². The molecule has 0 unspecified atom stereocenters. The van der Waals surface area contributed by atoms with Gasteiger partial charge in [0.25, 0.3) is 0 Å². The van der Waals surface area contributed by atoms with E-state index in [9.17, 15) is 4.79 Å². The number of Topliss-reactive ketones (excluding diaryl/α,β-unsaturated/α-hetero) is 1. The molecule has 3 aromatic rings. The number of furan rings is 1. The van der Waals surface area contributed by atoms with Gasteiger partial charge in [-0.2, -0.15) is 0 Å². The minimum Gasteiger partial charge on any atom is -0.457 e. The lowest BCUT2D eigenvalue weighted by molar-refractivity contribution is -0.112. The minimum absolute atomic E-state index is 0.0406. The highest BCUT2D eigenvalue weighted by atomic mass is 79.9. The summed E-state index contributed by atoms with van der Waals surface area (Å²) in [5.74, 6) is 3.73. The van der Waals surface area contributed by atoms with Gasteiger partial charge in [-0.15, -0.1) is 23.5 Å². The van der Waals surface area contributed by atoms with Crippen LogP contribution in [0.1, 0.15) is 17.7 Å². The molecule has 2 nitrogen and oxygen atoms in total. The molecule has 28 heavy (non-hydrogen) atoms. The molecule has 0 saturated carbocycles. The lowest BCUT2D eigenvalue weighted by Crippen LogP contribution is -2.19. The summed E-state index contributed by atoms with van der Waals surface area (Å²) in [5.41, 5.74) is 2.65. The molecule has 0 spiro atoms. The maximum Gasteiger partial charge on any atom is 0.186 e. The third-order valence-corrected chi connectivity index (χ3v) is 7.86. The Labute approximate surface area is 181 Å². The van der Waals surface area contributed by atoms with Gasteiger partial charge in [0.05, 0.1) is 0 Å². The van der Waals surface area contributed by atoms with E-state index in [4.69, 9.17) is 4.42 Å². The number of benzene rings is 2. The Balaban J connectivity index is 1.67. The summed E-state index contributed by atoms with van der Waals surface area (Å²) in [6.07, 6.45) is 3.05. The van der Waals surface area contributed by atoms with Crippen molar-refractivity contribution >= 4 is 56.9 Å². The molecule has 0 amide bonds. The molecule has 1 saturated heterocycles. The third kappa shape index (κ3) is 4.65. The van der Waals surface area contributed by atoms with Crippen LogP contribution < -0.4 is 0 Å². The summed E-state index contributed by atoms with van der Waals surface area (Å²) in [6, 6.07) is 21.7. The van der Waals surface area contributed by atoms with Crippen molar-refractivity contribution < 1.29 is 9.21 Å². The molecule has 0 radical (unpaired) electrons. The van der Waals surface area contributed by atoms with Gasteiger partial charge in [-0.05, 0) is 53.8 Å². The molecule has 1 aliphatic heterocycles. The molecule has 0 atom stereocenters. The highest BCUT2D eigenvalue weighted by Gasteiger charge is 2.26. The molecule has 0 bridgehead atoms. The van der Waals surface area contributed by atoms with Crippen LogP contribution in [-0.2, 0) is 4.79 Å². The fourth-order valence-corrected chi connectivity index (χ4v) is 6.04. The average molecular weight is 471 g/mol. The Kier molecular flexibility index (Phi) is 6.45. The number of thioether (sulfide) groups is 2. The van der Waals surface area contributed by atoms with E-state index in [2.05, 4.69) is 15.9 Å². The van der Waals surface area contributed by atoms with Crippen molar-refractivity contribution in [3.05, 3.63) is 82.5 Å². The van der Waals surface area contributed by atoms with Gasteiger partial charge in [0, 0.05) is 15.6 Å². The molecule has 2 heterocycles. The quantitative estimate of drug-likeness (QED) is 0.374. The maximum atomic E-state index is 13.3. The van der Waals surface area contributed by atoms with Crippen LogP contribution in [0.15, 0.2) is 75.6 Å². The number of rotatable bonds is 5. The molecular weight excluding hydrogens is 452 g/mol. The fourth-order valence-electron chi connectivity index (χ4n) is 3.02. The Morgan fingerprint density at radius 2 is 1.68 bits per heavy atom. The Morgan fingerprint density at radius 3 is 2.39 bits per heavy atom. The monoisotopic (exact) mass is 470 g/mol. The fraction of sp³-hybridized carbons (Fsp3) is 0.174. The van der Waals surface area contributed by atoms with Crippen LogP contribution in [-0.4, -0.2) is 21.9 Å². The Hall–Kier alpha value is -1.69. The topological polar surface area (TPSA) is 30.2 Å². The van der Waals surface area contributed by atoms with E-state index in [-0.39, 0.29) is 10.4 Å². The second kappa shape index (κ2) is 9.21. The predicted molar refractivity (Wildman–Crippen MR) is 124 cm³/mol. The first-order valence-corrected chi connectivity index (χ1v) is 12.0. The predicted octanol–water partition coefficient (Wildman–Crippen LogP) is 7.02. The first-order valence-electron chi connectivity index (χ1n) is 9.11. The van der Waals surface area contributed by atoms with Crippen LogP contribution in [0.3, 0.4) is 0 Å². The number of ketones is 1. The normalized spacial score (nSPS) is 15.5. The van der Waals surface area contributed by atoms with Gasteiger partial charge in [-0.25, -0.2) is 0 Å². The number of halogens is 1. The van der Waals surface area contributed by atoms with E-state index < -0.39 is 0 Å². The van der Waals surface area contributed by atoms with Crippen LogP contribution in [0.4, 0.5) is 0 Å². The standard InChI is InChI=1S/C23H19BrO2S2/c24-18-9-7-17(8-10-18)21-12-11-19(26-21)15-20(16-5-2-1-3-6-16)22(25)23-27-13-4-14-28-23/h1-3,5-12,15,23H,4,13-14H2/b20-15+. The molecule has 0 N–H and O–H groups in total. The molecule has 1 aromatic heterocycles. The third-order valence-electron chi connectivity index (χ3n) is 4.43. The number of carbonyl (C=O) groups is 1. The molecule has 0 aliphatic carbocycles. The van der Waals surface area contributed by atoms with Crippen molar-refractivity contribution in [1.29, 1.82) is 0 Å². The van der Waals surface area contributed by atoms with E-state index in [0.29, 0.717) is 11.3 Å². The highest BCUT2D eigenvalue weighted by molar-refractivity contribution is 9.10. The SMILES string of the molecule is O=C(/C(=C/c1ccc(-c2ccc(Br)cc2)o1)c1ccccc1)C1SCCCS1. The van der Waals surface area contributed by atoms with Crippen molar-refractivity contribution in [2.75, 3.05) is 11.5 Å². The molecule has 1 fully saturated rings. The molecule has 142 valence electrons.